The van der Waals surface area contributed by atoms with Crippen molar-refractivity contribution in [2.75, 3.05) is 5.32 Å². The summed E-state index contributed by atoms with van der Waals surface area (Å²) in [6.45, 7) is 4.43. The molecule has 0 unspecified atom stereocenters. The van der Waals surface area contributed by atoms with Crippen LogP contribution < -0.4 is 5.32 Å². The number of nitrogens with one attached hydrogen (secondary N) is 1. The third-order valence-corrected chi connectivity index (χ3v) is 6.62. The van der Waals surface area contributed by atoms with E-state index in [4.69, 9.17) is 4.98 Å². The fourth-order valence-corrected chi connectivity index (χ4v) is 4.90. The number of thiazole rings is 1. The lowest BCUT2D eigenvalue weighted by molar-refractivity contribution is -0.385. The van der Waals surface area contributed by atoms with E-state index >= 15 is 0 Å². The van der Waals surface area contributed by atoms with E-state index in [1.165, 1.54) is 23.8 Å². The normalized spacial score (nSPS) is 13.5. The molecule has 4 heterocycles. The van der Waals surface area contributed by atoms with Gasteiger partial charge in [0.2, 0.25) is 0 Å². The van der Waals surface area contributed by atoms with E-state index in [9.17, 15) is 14.9 Å². The van der Waals surface area contributed by atoms with Gasteiger partial charge in [0, 0.05) is 41.2 Å². The summed E-state index contributed by atoms with van der Waals surface area (Å²) in [5, 5.41) is 16.3. The standard InChI is InChI=1S/C23H22N6O3S/c1-13-7-8-15(11-18(13)29(31)32)17-12-33-23(25-17)27-22(30)16-10-14(2)24-21-20(16)26-19-6-4-3-5-9-28(19)21/h7-8,10-12H,3-6,9H2,1-2H3,(H,25,27,30). The second-order valence-corrected chi connectivity index (χ2v) is 9.08. The summed E-state index contributed by atoms with van der Waals surface area (Å²) in [5.74, 6) is 0.682. The molecule has 0 aliphatic carbocycles. The Balaban J connectivity index is 1.45. The molecule has 9 nitrogen and oxygen atoms in total. The summed E-state index contributed by atoms with van der Waals surface area (Å²) in [6, 6.07) is 6.74. The van der Waals surface area contributed by atoms with Gasteiger partial charge in [-0.05, 0) is 32.8 Å². The van der Waals surface area contributed by atoms with Crippen LogP contribution >= 0.6 is 11.3 Å². The zero-order valence-electron chi connectivity index (χ0n) is 18.3. The van der Waals surface area contributed by atoms with Gasteiger partial charge in [-0.15, -0.1) is 11.3 Å². The smallest absolute Gasteiger partial charge is 0.272 e. The highest BCUT2D eigenvalue weighted by molar-refractivity contribution is 7.14. The lowest BCUT2D eigenvalue weighted by Crippen LogP contribution is -2.13. The molecule has 0 fully saturated rings. The van der Waals surface area contributed by atoms with Crippen molar-refractivity contribution in [3.63, 3.8) is 0 Å². The number of rotatable bonds is 4. The molecule has 5 rings (SSSR count). The number of benzene rings is 1. The van der Waals surface area contributed by atoms with Crippen LogP contribution in [-0.2, 0) is 13.0 Å². The Bertz CT molecular complexity index is 1410. The van der Waals surface area contributed by atoms with Crippen molar-refractivity contribution in [3.8, 4) is 11.3 Å². The van der Waals surface area contributed by atoms with Crippen LogP contribution in [0.4, 0.5) is 10.8 Å². The molecule has 33 heavy (non-hydrogen) atoms. The van der Waals surface area contributed by atoms with Crippen LogP contribution in [0.15, 0.2) is 29.6 Å². The molecule has 10 heteroatoms. The van der Waals surface area contributed by atoms with Crippen LogP contribution in [0.1, 0.15) is 46.7 Å². The summed E-state index contributed by atoms with van der Waals surface area (Å²) in [5.41, 5.74) is 4.42. The average Bonchev–Trinajstić information content (AvgIpc) is 3.30. The molecule has 1 aliphatic rings. The number of aromatic nitrogens is 4. The maximum absolute atomic E-state index is 13.2. The van der Waals surface area contributed by atoms with E-state index in [1.807, 2.05) is 6.92 Å². The number of nitrogens with zero attached hydrogens (tertiary/aromatic N) is 5. The summed E-state index contributed by atoms with van der Waals surface area (Å²) in [4.78, 5) is 37.9. The number of aryl methyl sites for hydroxylation is 4. The van der Waals surface area contributed by atoms with Gasteiger partial charge in [-0.2, -0.15) is 0 Å². The highest BCUT2D eigenvalue weighted by atomic mass is 32.1. The minimum absolute atomic E-state index is 0.0419. The Labute approximate surface area is 193 Å². The molecule has 1 aromatic carbocycles. The number of nitro benzene ring substituents is 1. The van der Waals surface area contributed by atoms with E-state index in [0.29, 0.717) is 33.0 Å². The molecular weight excluding hydrogens is 440 g/mol. The first-order valence-corrected chi connectivity index (χ1v) is 11.7. The quantitative estimate of drug-likeness (QED) is 0.335. The van der Waals surface area contributed by atoms with E-state index < -0.39 is 4.92 Å². The lowest BCUT2D eigenvalue weighted by Gasteiger charge is -2.06. The molecule has 4 aromatic rings. The highest BCUT2D eigenvalue weighted by Crippen LogP contribution is 2.30. The zero-order chi connectivity index (χ0) is 23.1. The number of carbonyl (C=O) groups is 1. The van der Waals surface area contributed by atoms with Crippen LogP contribution in [0.25, 0.3) is 22.4 Å². The molecule has 0 bridgehead atoms. The molecule has 1 N–H and O–H groups in total. The average molecular weight is 463 g/mol. The number of pyridine rings is 1. The van der Waals surface area contributed by atoms with Crippen LogP contribution in [0.3, 0.4) is 0 Å². The molecule has 0 atom stereocenters. The number of fused-ring (bicyclic) bond motifs is 3. The topological polar surface area (TPSA) is 116 Å². The van der Waals surface area contributed by atoms with Gasteiger partial charge in [0.15, 0.2) is 10.8 Å². The second kappa shape index (κ2) is 8.36. The Kier molecular flexibility index (Phi) is 5.37. The Morgan fingerprint density at radius 3 is 2.82 bits per heavy atom. The number of amides is 1. The van der Waals surface area contributed by atoms with E-state index in [2.05, 4.69) is 19.9 Å². The molecular formula is C23H22N6O3S. The first-order chi connectivity index (χ1) is 15.9. The SMILES string of the molecule is Cc1cc(C(=O)Nc2nc(-c3ccc(C)c([N+](=O)[O-])c3)cs2)c2nc3n(c2n1)CCCCC3. The molecule has 1 amide bonds. The molecule has 0 saturated heterocycles. The van der Waals surface area contributed by atoms with Crippen LogP contribution in [0.2, 0.25) is 0 Å². The van der Waals surface area contributed by atoms with Gasteiger partial charge >= 0.3 is 0 Å². The number of imidazole rings is 1. The summed E-state index contributed by atoms with van der Waals surface area (Å²) in [6.07, 6.45) is 4.22. The number of hydrogen-bond acceptors (Lipinski definition) is 7. The Hall–Kier alpha value is -3.66. The van der Waals surface area contributed by atoms with Crippen molar-refractivity contribution < 1.29 is 9.72 Å². The van der Waals surface area contributed by atoms with Crippen molar-refractivity contribution in [1.82, 2.24) is 19.5 Å². The van der Waals surface area contributed by atoms with Crippen molar-refractivity contribution in [3.05, 3.63) is 62.4 Å². The Morgan fingerprint density at radius 2 is 2.00 bits per heavy atom. The first kappa shape index (κ1) is 21.2. The summed E-state index contributed by atoms with van der Waals surface area (Å²) < 4.78 is 2.14. The van der Waals surface area contributed by atoms with Crippen LogP contribution in [0.5, 0.6) is 0 Å². The van der Waals surface area contributed by atoms with Crippen molar-refractivity contribution in [1.29, 1.82) is 0 Å². The van der Waals surface area contributed by atoms with Gasteiger partial charge in [-0.25, -0.2) is 15.0 Å². The minimum Gasteiger partial charge on any atom is -0.313 e. The molecule has 0 saturated carbocycles. The van der Waals surface area contributed by atoms with Crippen molar-refractivity contribution in [2.24, 2.45) is 0 Å². The van der Waals surface area contributed by atoms with E-state index in [-0.39, 0.29) is 11.6 Å². The summed E-state index contributed by atoms with van der Waals surface area (Å²) in [7, 11) is 0. The zero-order valence-corrected chi connectivity index (χ0v) is 19.1. The first-order valence-electron chi connectivity index (χ1n) is 10.8. The molecule has 1 aliphatic heterocycles. The monoisotopic (exact) mass is 462 g/mol. The largest absolute Gasteiger partial charge is 0.313 e. The highest BCUT2D eigenvalue weighted by Gasteiger charge is 2.22. The van der Waals surface area contributed by atoms with Gasteiger partial charge in [0.25, 0.3) is 11.6 Å². The predicted molar refractivity (Wildman–Crippen MR) is 127 cm³/mol. The van der Waals surface area contributed by atoms with Gasteiger partial charge in [0.05, 0.1) is 16.2 Å². The second-order valence-electron chi connectivity index (χ2n) is 8.22. The number of carbonyl (C=O) groups excluding carboxylic acids is 1. The fourth-order valence-electron chi connectivity index (χ4n) is 4.18. The molecule has 0 spiro atoms. The molecule has 168 valence electrons. The molecule has 0 radical (unpaired) electrons. The van der Waals surface area contributed by atoms with Crippen LogP contribution in [-0.4, -0.2) is 30.3 Å². The maximum atomic E-state index is 13.2. The van der Waals surface area contributed by atoms with Crippen molar-refractivity contribution >= 4 is 39.2 Å². The van der Waals surface area contributed by atoms with Gasteiger partial charge in [-0.3, -0.25) is 20.2 Å². The molecule has 3 aromatic heterocycles. The van der Waals surface area contributed by atoms with E-state index in [0.717, 1.165) is 43.0 Å². The Morgan fingerprint density at radius 1 is 1.15 bits per heavy atom. The van der Waals surface area contributed by atoms with Crippen molar-refractivity contribution in [2.45, 2.75) is 46.1 Å². The fraction of sp³-hybridized carbons (Fsp3) is 0.304. The minimum atomic E-state index is -0.405. The third kappa shape index (κ3) is 3.97. The number of hydrogen-bond donors (Lipinski definition) is 1. The number of anilines is 1. The third-order valence-electron chi connectivity index (χ3n) is 5.86. The number of nitro groups is 1. The maximum Gasteiger partial charge on any atom is 0.272 e. The van der Waals surface area contributed by atoms with Crippen LogP contribution in [0, 0.1) is 24.0 Å². The lowest BCUT2D eigenvalue weighted by atomic mass is 10.1. The summed E-state index contributed by atoms with van der Waals surface area (Å²) >= 11 is 1.27. The van der Waals surface area contributed by atoms with E-state index in [1.54, 1.807) is 30.5 Å². The van der Waals surface area contributed by atoms with Gasteiger partial charge < -0.3 is 4.57 Å². The van der Waals surface area contributed by atoms with Gasteiger partial charge in [0.1, 0.15) is 11.3 Å². The van der Waals surface area contributed by atoms with Gasteiger partial charge in [-0.1, -0.05) is 18.6 Å². The predicted octanol–water partition coefficient (Wildman–Crippen LogP) is 5.06.